The molecule has 5 N–H and O–H groups in total. The Kier molecular flexibility index (Phi) is 54.6. The van der Waals surface area contributed by atoms with E-state index in [1.807, 2.05) is 211 Å². The molecule has 0 radical (unpaired) electrons. The molecule has 11 aromatic rings. The van der Waals surface area contributed by atoms with Crippen LogP contribution in [0.4, 0.5) is 28.4 Å². The van der Waals surface area contributed by atoms with E-state index in [2.05, 4.69) is 168 Å². The fourth-order valence-corrected chi connectivity index (χ4v) is 8.08. The number of hydrogen-bond acceptors (Lipinski definition) is 11. The number of phenolic OH excluding ortho intramolecular Hbond substituents is 5. The number of aryl methyl sites for hydroxylation is 6. The number of aliphatic imine (C=N–C) groups is 5. The van der Waals surface area contributed by atoms with E-state index in [9.17, 15) is 25.5 Å². The van der Waals surface area contributed by atoms with Crippen molar-refractivity contribution in [1.82, 2.24) is 4.98 Å². The molecule has 0 amide bonds. The van der Waals surface area contributed by atoms with Gasteiger partial charge in [-0.25, -0.2) is 0 Å². The van der Waals surface area contributed by atoms with Gasteiger partial charge in [0.25, 0.3) is 0 Å². The van der Waals surface area contributed by atoms with Gasteiger partial charge in [0.1, 0.15) is 28.7 Å². The Hall–Kier alpha value is -2.67. The number of aromatic hydroxyl groups is 5. The molecular formula is C74H68Br10N6O5Ti5. The van der Waals surface area contributed by atoms with Crippen molar-refractivity contribution < 1.29 is 100 Å². The Labute approximate surface area is 696 Å². The van der Waals surface area contributed by atoms with Crippen LogP contribution < -0.4 is 0 Å². The summed E-state index contributed by atoms with van der Waals surface area (Å²) >= 11 is 32.5. The molecule has 0 aliphatic rings. The molecule has 0 fully saturated rings. The van der Waals surface area contributed by atoms with Crippen molar-refractivity contribution in [3.05, 3.63) is 304 Å². The van der Waals surface area contributed by atoms with E-state index in [1.165, 1.54) is 16.7 Å². The third kappa shape index (κ3) is 40.2. The number of aromatic nitrogens is 1. The summed E-state index contributed by atoms with van der Waals surface area (Å²) in [4.78, 5) is 26.2. The molecule has 514 valence electrons. The number of nitrogens with zero attached hydrogens (tertiary/aromatic N) is 6. The van der Waals surface area contributed by atoms with Gasteiger partial charge in [0.05, 0.1) is 34.0 Å². The second kappa shape index (κ2) is 58.5. The topological polar surface area (TPSA) is 176 Å². The fourth-order valence-electron chi connectivity index (χ4n) is 8.08. The first-order chi connectivity index (χ1) is 48.3. The average molecular weight is 2160 g/mol. The van der Waals surface area contributed by atoms with Gasteiger partial charge in [-0.05, 0) is 172 Å². The normalized spacial score (nSPS) is 10.0. The summed E-state index contributed by atoms with van der Waals surface area (Å²) in [6.07, 6.45) is 10.1. The summed E-state index contributed by atoms with van der Waals surface area (Å²) < 4.78 is 0. The van der Waals surface area contributed by atoms with E-state index in [1.54, 1.807) is 97.9 Å². The van der Waals surface area contributed by atoms with Crippen LogP contribution in [0.15, 0.2) is 268 Å². The predicted molar refractivity (Wildman–Crippen MR) is 442 cm³/mol. The zero-order valence-corrected chi connectivity index (χ0v) is 78.3. The summed E-state index contributed by atoms with van der Waals surface area (Å²) in [6, 6.07) is 73.6. The summed E-state index contributed by atoms with van der Waals surface area (Å²) in [5.41, 5.74) is 15.9. The van der Waals surface area contributed by atoms with Crippen LogP contribution in [-0.2, 0) is 74.8 Å². The van der Waals surface area contributed by atoms with Crippen LogP contribution in [0.2, 0.25) is 0 Å². The van der Waals surface area contributed by atoms with Gasteiger partial charge in [-0.3, -0.25) is 29.9 Å². The van der Waals surface area contributed by atoms with Crippen molar-refractivity contribution in [2.24, 2.45) is 25.0 Å². The van der Waals surface area contributed by atoms with E-state index in [0.717, 1.165) is 78.3 Å². The number of fused-ring (bicyclic) bond motifs is 1. The van der Waals surface area contributed by atoms with Crippen LogP contribution >= 0.6 is 132 Å². The Morgan fingerprint density at radius 1 is 0.290 bits per heavy atom. The maximum absolute atomic E-state index is 9.69. The summed E-state index contributed by atoms with van der Waals surface area (Å²) in [6.45, 7) is 12.2. The molecule has 0 saturated heterocycles. The Bertz CT molecular complexity index is 4250. The van der Waals surface area contributed by atoms with Crippen molar-refractivity contribution in [2.75, 3.05) is 0 Å². The Morgan fingerprint density at radius 3 is 1.05 bits per heavy atom. The molecule has 0 bridgehead atoms. The summed E-state index contributed by atoms with van der Waals surface area (Å²) in [5.74, 6) is 1.22. The number of pyridine rings is 1. The summed E-state index contributed by atoms with van der Waals surface area (Å²) in [5, 5.41) is 49.1. The third-order valence-corrected chi connectivity index (χ3v) is 12.9. The molecule has 0 aliphatic heterocycles. The maximum atomic E-state index is 9.69. The Balaban J connectivity index is 0.000000404. The minimum atomic E-state index is 0.125. The first kappa shape index (κ1) is 93.4. The zero-order valence-electron chi connectivity index (χ0n) is 54.7. The third-order valence-electron chi connectivity index (χ3n) is 12.9. The standard InChI is InChI=1S/C16H12N2O.2C15H15NO.2C14H13NO.10BrH.5Ti/c19-15-9-2-1-5-13(15)11-18-14-8-3-6-12-7-4-10-17-16(12)14;1-11-6-5-7-12(2)15(11)16-10-13-8-3-4-9-14(13)17;1-11-7-8-12(2)14(9-11)16-10-13-5-3-4-6-15(13)17;1-11-5-4-7-13(9-11)15-10-12-6-2-3-8-14(12)16;1-11-6-8-13(9-7-11)15-10-12-4-2-3-5-14(12)16;;;;;;;;;;;;;;;/h1-11,19H;2*3-10,17H,1-2H3;2*2-10,16H,1H3;10*1H;;;;;/q;;;;;;;;;;;;;;;5*+2/p-10. The van der Waals surface area contributed by atoms with Crippen molar-refractivity contribution >= 4 is 202 Å². The summed E-state index contributed by atoms with van der Waals surface area (Å²) in [7, 11) is 0. The van der Waals surface area contributed by atoms with Crippen molar-refractivity contribution in [3.63, 3.8) is 0 Å². The van der Waals surface area contributed by atoms with Crippen LogP contribution in [0.3, 0.4) is 0 Å². The van der Waals surface area contributed by atoms with Crippen LogP contribution in [0.1, 0.15) is 61.2 Å². The van der Waals surface area contributed by atoms with E-state index >= 15 is 0 Å². The van der Waals surface area contributed by atoms with Crippen LogP contribution in [-0.4, -0.2) is 61.6 Å². The van der Waals surface area contributed by atoms with Crippen LogP contribution in [0.5, 0.6) is 28.7 Å². The molecule has 0 unspecified atom stereocenters. The SMILES string of the molecule is Cc1ccc(C)c(N=Cc2ccccc2O)c1.Cc1ccc(N=Cc2ccccc2O)cc1.Cc1cccc(C)c1N=Cc1ccccc1O.Cc1cccc(N=Cc2ccccc2O)c1.Oc1ccccc1C=Nc1cccc2cccnc12.[Br][Ti][Br].[Br][Ti][Br].[Br][Ti][Br].[Br][Ti][Br].[Br][Ti][Br]. The van der Waals surface area contributed by atoms with Gasteiger partial charge >= 0.3 is 206 Å². The monoisotopic (exact) mass is 2150 g/mol. The van der Waals surface area contributed by atoms with Gasteiger partial charge in [-0.15, -0.1) is 0 Å². The number of hydrogen-bond donors (Lipinski definition) is 5. The molecule has 11 nitrogen and oxygen atoms in total. The molecule has 0 spiro atoms. The molecule has 0 saturated carbocycles. The molecule has 100 heavy (non-hydrogen) atoms. The quantitative estimate of drug-likeness (QED) is 0.0672. The molecule has 1 aromatic heterocycles. The van der Waals surface area contributed by atoms with Crippen molar-refractivity contribution in [3.8, 4) is 28.7 Å². The molecule has 26 heteroatoms. The van der Waals surface area contributed by atoms with Gasteiger partial charge in [-0.2, -0.15) is 0 Å². The van der Waals surface area contributed by atoms with Gasteiger partial charge in [0, 0.05) is 70.5 Å². The number of phenols is 5. The van der Waals surface area contributed by atoms with Gasteiger partial charge in [-0.1, -0.05) is 139 Å². The van der Waals surface area contributed by atoms with Gasteiger partial charge < -0.3 is 25.5 Å². The van der Waals surface area contributed by atoms with Crippen LogP contribution in [0.25, 0.3) is 10.9 Å². The number of benzene rings is 10. The van der Waals surface area contributed by atoms with E-state index < -0.39 is 0 Å². The number of halogens is 10. The Morgan fingerprint density at radius 2 is 0.630 bits per heavy atom. The fraction of sp³-hybridized carbons (Fsp3) is 0.0811. The van der Waals surface area contributed by atoms with Crippen molar-refractivity contribution in [2.45, 2.75) is 41.5 Å². The van der Waals surface area contributed by atoms with Gasteiger partial charge in [0.2, 0.25) is 0 Å². The van der Waals surface area contributed by atoms with E-state index in [4.69, 9.17) is 0 Å². The predicted octanol–water partition coefficient (Wildman–Crippen LogP) is 26.6. The van der Waals surface area contributed by atoms with E-state index in [-0.39, 0.29) is 104 Å². The van der Waals surface area contributed by atoms with Crippen molar-refractivity contribution in [1.29, 1.82) is 0 Å². The molecule has 0 aliphatic carbocycles. The molecule has 11 rings (SSSR count). The first-order valence-corrected chi connectivity index (χ1v) is 67.9. The van der Waals surface area contributed by atoms with Crippen LogP contribution in [0, 0.1) is 41.5 Å². The minimum absolute atomic E-state index is 0.125. The molecule has 10 aromatic carbocycles. The number of para-hydroxylation sites is 7. The second-order valence-corrected chi connectivity index (χ2v) is 59.4. The first-order valence-electron chi connectivity index (χ1n) is 29.3. The van der Waals surface area contributed by atoms with Gasteiger partial charge in [0.15, 0.2) is 0 Å². The second-order valence-electron chi connectivity index (χ2n) is 20.0. The average Bonchev–Trinajstić information content (AvgIpc) is 0.833. The zero-order chi connectivity index (χ0) is 73.9. The number of rotatable bonds is 10. The molecule has 1 heterocycles. The van der Waals surface area contributed by atoms with E-state index in [0.29, 0.717) is 5.56 Å². The molecular weight excluding hydrogens is 2090 g/mol. The molecule has 0 atom stereocenters.